The number of anilines is 1. The number of aromatic nitrogens is 3. The maximum absolute atomic E-state index is 12.5. The minimum absolute atomic E-state index is 0.0487. The summed E-state index contributed by atoms with van der Waals surface area (Å²) in [6, 6.07) is 3.10. The predicted octanol–water partition coefficient (Wildman–Crippen LogP) is 1.98. The molecule has 2 aromatic heterocycles. The number of carbonyl (C=O) groups excluding carboxylic acids is 1. The molecule has 2 rings (SSSR count). The van der Waals surface area contributed by atoms with Crippen LogP contribution < -0.4 is 5.32 Å². The molecule has 1 N–H and O–H groups in total. The van der Waals surface area contributed by atoms with Crippen LogP contribution in [-0.4, -0.2) is 21.1 Å². The molecule has 82 valence electrons. The summed E-state index contributed by atoms with van der Waals surface area (Å²) < 4.78 is 12.5. The Morgan fingerprint density at radius 3 is 2.81 bits per heavy atom. The van der Waals surface area contributed by atoms with Crippen LogP contribution >= 0.6 is 22.9 Å². The quantitative estimate of drug-likeness (QED) is 0.837. The molecule has 16 heavy (non-hydrogen) atoms. The SMILES string of the molecule is O=C(Nc1ccc(Cl)nc1)c1nnc(F)s1. The third-order valence-corrected chi connectivity index (χ3v) is 2.51. The Balaban J connectivity index is 2.10. The van der Waals surface area contributed by atoms with Crippen LogP contribution in [0.5, 0.6) is 0 Å². The second kappa shape index (κ2) is 4.50. The fourth-order valence-corrected chi connectivity index (χ4v) is 1.51. The van der Waals surface area contributed by atoms with Gasteiger partial charge in [-0.3, -0.25) is 4.79 Å². The van der Waals surface area contributed by atoms with Crippen LogP contribution in [0.3, 0.4) is 0 Å². The molecule has 0 fully saturated rings. The summed E-state index contributed by atoms with van der Waals surface area (Å²) in [6.45, 7) is 0. The molecule has 0 atom stereocenters. The fraction of sp³-hybridized carbons (Fsp3) is 0. The number of hydrogen-bond acceptors (Lipinski definition) is 5. The Morgan fingerprint density at radius 1 is 1.44 bits per heavy atom. The van der Waals surface area contributed by atoms with Gasteiger partial charge in [-0.05, 0) is 12.1 Å². The van der Waals surface area contributed by atoms with Crippen molar-refractivity contribution in [3.8, 4) is 0 Å². The Morgan fingerprint density at radius 2 is 2.25 bits per heavy atom. The predicted molar refractivity (Wildman–Crippen MR) is 57.1 cm³/mol. The van der Waals surface area contributed by atoms with E-state index in [4.69, 9.17) is 11.6 Å². The molecule has 0 unspecified atom stereocenters. The molecular formula is C8H4ClFN4OS. The molecule has 0 aromatic carbocycles. The van der Waals surface area contributed by atoms with Crippen LogP contribution in [0.1, 0.15) is 9.80 Å². The van der Waals surface area contributed by atoms with E-state index in [1.54, 1.807) is 6.07 Å². The van der Waals surface area contributed by atoms with Crippen molar-refractivity contribution < 1.29 is 9.18 Å². The van der Waals surface area contributed by atoms with Crippen molar-refractivity contribution in [2.24, 2.45) is 0 Å². The van der Waals surface area contributed by atoms with Gasteiger partial charge in [0.2, 0.25) is 5.01 Å². The minimum atomic E-state index is -0.751. The number of pyridine rings is 1. The third-order valence-electron chi connectivity index (χ3n) is 1.58. The molecule has 0 saturated heterocycles. The van der Waals surface area contributed by atoms with E-state index in [0.29, 0.717) is 22.2 Å². The molecule has 5 nitrogen and oxygen atoms in total. The molecule has 8 heteroatoms. The van der Waals surface area contributed by atoms with Gasteiger partial charge in [-0.2, -0.15) is 4.39 Å². The maximum atomic E-state index is 12.5. The molecule has 1 amide bonds. The lowest BCUT2D eigenvalue weighted by Crippen LogP contribution is -2.11. The molecule has 0 saturated carbocycles. The summed E-state index contributed by atoms with van der Waals surface area (Å²) in [5.74, 6) is -0.537. The zero-order chi connectivity index (χ0) is 11.5. The lowest BCUT2D eigenvalue weighted by molar-refractivity contribution is 0.102. The molecule has 2 heterocycles. The lowest BCUT2D eigenvalue weighted by Gasteiger charge is -2.00. The number of carbonyl (C=O) groups is 1. The Bertz CT molecular complexity index is 515. The van der Waals surface area contributed by atoms with Gasteiger partial charge in [0.15, 0.2) is 0 Å². The standard InChI is InChI=1S/C8H4ClFN4OS/c9-5-2-1-4(3-11-5)12-6(15)7-13-14-8(10)16-7/h1-3H,(H,12,15). The normalized spacial score (nSPS) is 10.1. The van der Waals surface area contributed by atoms with Crippen LogP contribution in [0.4, 0.5) is 10.1 Å². The summed E-state index contributed by atoms with van der Waals surface area (Å²) >= 11 is 6.15. The van der Waals surface area contributed by atoms with Gasteiger partial charge in [0, 0.05) is 0 Å². The highest BCUT2D eigenvalue weighted by molar-refractivity contribution is 7.11. The molecule has 0 spiro atoms. The number of hydrogen-bond donors (Lipinski definition) is 1. The first-order chi connectivity index (χ1) is 7.65. The van der Waals surface area contributed by atoms with Gasteiger partial charge in [-0.25, -0.2) is 4.98 Å². The molecular weight excluding hydrogens is 255 g/mol. The number of rotatable bonds is 2. The van der Waals surface area contributed by atoms with Gasteiger partial charge < -0.3 is 5.32 Å². The van der Waals surface area contributed by atoms with Crippen LogP contribution in [0.25, 0.3) is 0 Å². The van der Waals surface area contributed by atoms with Crippen molar-refractivity contribution in [2.45, 2.75) is 0 Å². The molecule has 0 aliphatic heterocycles. The Hall–Kier alpha value is -1.60. The van der Waals surface area contributed by atoms with Crippen molar-refractivity contribution in [1.29, 1.82) is 0 Å². The zero-order valence-electron chi connectivity index (χ0n) is 7.65. The van der Waals surface area contributed by atoms with E-state index in [0.717, 1.165) is 0 Å². The zero-order valence-corrected chi connectivity index (χ0v) is 9.22. The first-order valence-corrected chi connectivity index (χ1v) is 5.26. The first kappa shape index (κ1) is 10.9. The monoisotopic (exact) mass is 258 g/mol. The topological polar surface area (TPSA) is 67.8 Å². The molecule has 2 aromatic rings. The largest absolute Gasteiger partial charge is 0.318 e. The third kappa shape index (κ3) is 2.50. The van der Waals surface area contributed by atoms with Crippen molar-refractivity contribution in [2.75, 3.05) is 5.32 Å². The summed E-state index contributed by atoms with van der Waals surface area (Å²) in [5.41, 5.74) is 0.449. The highest BCUT2D eigenvalue weighted by atomic mass is 35.5. The number of amides is 1. The second-order valence-corrected chi connectivity index (χ2v) is 4.00. The van der Waals surface area contributed by atoms with Crippen LogP contribution in [-0.2, 0) is 0 Å². The van der Waals surface area contributed by atoms with Crippen molar-refractivity contribution in [3.05, 3.63) is 33.8 Å². The van der Waals surface area contributed by atoms with E-state index in [9.17, 15) is 9.18 Å². The highest BCUT2D eigenvalue weighted by Crippen LogP contribution is 2.13. The number of nitrogens with zero attached hydrogens (tertiary/aromatic N) is 3. The Labute approximate surface area is 98.3 Å². The fourth-order valence-electron chi connectivity index (χ4n) is 0.931. The van der Waals surface area contributed by atoms with Crippen molar-refractivity contribution in [3.63, 3.8) is 0 Å². The van der Waals surface area contributed by atoms with E-state index in [2.05, 4.69) is 20.5 Å². The van der Waals surface area contributed by atoms with Gasteiger partial charge in [0.25, 0.3) is 11.2 Å². The summed E-state index contributed by atoms with van der Waals surface area (Å²) in [7, 11) is 0. The minimum Gasteiger partial charge on any atom is -0.318 e. The van der Waals surface area contributed by atoms with Crippen molar-refractivity contribution in [1.82, 2.24) is 15.2 Å². The molecule has 0 radical (unpaired) electrons. The van der Waals surface area contributed by atoms with Gasteiger partial charge in [0.05, 0.1) is 11.9 Å². The summed E-state index contributed by atoms with van der Waals surface area (Å²) in [4.78, 5) is 15.3. The molecule has 0 aliphatic rings. The smallest absolute Gasteiger partial charge is 0.289 e. The van der Waals surface area contributed by atoms with Crippen LogP contribution in [0, 0.1) is 5.26 Å². The van der Waals surface area contributed by atoms with Gasteiger partial charge in [-0.1, -0.05) is 22.9 Å². The highest BCUT2D eigenvalue weighted by Gasteiger charge is 2.12. The summed E-state index contributed by atoms with van der Waals surface area (Å²) in [6.07, 6.45) is 1.39. The van der Waals surface area contributed by atoms with Gasteiger partial charge in [0.1, 0.15) is 5.15 Å². The van der Waals surface area contributed by atoms with E-state index in [1.165, 1.54) is 12.3 Å². The summed E-state index contributed by atoms with van der Waals surface area (Å²) in [5, 5.41) is 8.46. The van der Waals surface area contributed by atoms with Crippen LogP contribution in [0.2, 0.25) is 5.15 Å². The lowest BCUT2D eigenvalue weighted by atomic mass is 10.4. The maximum Gasteiger partial charge on any atom is 0.289 e. The average molecular weight is 259 g/mol. The van der Waals surface area contributed by atoms with Crippen LogP contribution in [0.15, 0.2) is 18.3 Å². The molecule has 0 bridgehead atoms. The number of nitrogens with one attached hydrogen (secondary N) is 1. The Kier molecular flexibility index (Phi) is 3.07. The van der Waals surface area contributed by atoms with E-state index in [-0.39, 0.29) is 5.01 Å². The average Bonchev–Trinajstić information content (AvgIpc) is 2.68. The van der Waals surface area contributed by atoms with Gasteiger partial charge in [-0.15, -0.1) is 10.2 Å². The first-order valence-electron chi connectivity index (χ1n) is 4.07. The van der Waals surface area contributed by atoms with E-state index >= 15 is 0 Å². The van der Waals surface area contributed by atoms with Crippen molar-refractivity contribution >= 4 is 34.5 Å². The second-order valence-electron chi connectivity index (χ2n) is 2.68. The molecule has 0 aliphatic carbocycles. The van der Waals surface area contributed by atoms with E-state index in [1.807, 2.05) is 0 Å². The van der Waals surface area contributed by atoms with E-state index < -0.39 is 11.2 Å². The number of halogens is 2. The van der Waals surface area contributed by atoms with Gasteiger partial charge >= 0.3 is 0 Å².